The standard InChI is InChI=1S/C16H20BrClO2/c17-14-5-3-4-12(10-18)15(14)19-11-13-6-9-16(20-13)7-1-2-8-16/h3-5,13H,1-2,6-11H2. The van der Waals surface area contributed by atoms with Crippen LogP contribution >= 0.6 is 27.5 Å². The van der Waals surface area contributed by atoms with Crippen LogP contribution in [-0.4, -0.2) is 18.3 Å². The van der Waals surface area contributed by atoms with E-state index in [1.54, 1.807) is 0 Å². The Morgan fingerprint density at radius 3 is 2.85 bits per heavy atom. The van der Waals surface area contributed by atoms with Gasteiger partial charge >= 0.3 is 0 Å². The molecule has 2 fully saturated rings. The van der Waals surface area contributed by atoms with Crippen LogP contribution in [0.25, 0.3) is 0 Å². The van der Waals surface area contributed by atoms with Crippen molar-refractivity contribution >= 4 is 27.5 Å². The summed E-state index contributed by atoms with van der Waals surface area (Å²) in [5.74, 6) is 1.32. The van der Waals surface area contributed by atoms with Crippen molar-refractivity contribution in [1.82, 2.24) is 0 Å². The number of halogens is 2. The van der Waals surface area contributed by atoms with E-state index in [1.807, 2.05) is 18.2 Å². The lowest BCUT2D eigenvalue weighted by Gasteiger charge is -2.24. The fourth-order valence-electron chi connectivity index (χ4n) is 3.40. The molecule has 0 bridgehead atoms. The van der Waals surface area contributed by atoms with Gasteiger partial charge in [0.2, 0.25) is 0 Å². The van der Waals surface area contributed by atoms with E-state index in [-0.39, 0.29) is 11.7 Å². The van der Waals surface area contributed by atoms with Crippen LogP contribution in [0.1, 0.15) is 44.1 Å². The lowest BCUT2D eigenvalue weighted by atomic mass is 9.98. The lowest BCUT2D eigenvalue weighted by Crippen LogP contribution is -2.27. The van der Waals surface area contributed by atoms with Gasteiger partial charge in [0.05, 0.1) is 22.1 Å². The Morgan fingerprint density at radius 1 is 1.30 bits per heavy atom. The Labute approximate surface area is 133 Å². The van der Waals surface area contributed by atoms with Gasteiger partial charge in [-0.15, -0.1) is 11.6 Å². The normalized spacial score (nSPS) is 24.4. The third-order valence-electron chi connectivity index (χ3n) is 4.46. The summed E-state index contributed by atoms with van der Waals surface area (Å²) in [6, 6.07) is 5.97. The van der Waals surface area contributed by atoms with Gasteiger partial charge in [0.25, 0.3) is 0 Å². The molecule has 1 aliphatic carbocycles. The molecule has 1 unspecified atom stereocenters. The number of rotatable bonds is 4. The first kappa shape index (κ1) is 14.7. The van der Waals surface area contributed by atoms with Crippen LogP contribution in [-0.2, 0) is 10.6 Å². The Morgan fingerprint density at radius 2 is 2.10 bits per heavy atom. The summed E-state index contributed by atoms with van der Waals surface area (Å²) in [7, 11) is 0. The van der Waals surface area contributed by atoms with E-state index in [1.165, 1.54) is 32.1 Å². The summed E-state index contributed by atoms with van der Waals surface area (Å²) in [5, 5.41) is 0. The summed E-state index contributed by atoms with van der Waals surface area (Å²) in [5.41, 5.74) is 1.20. The summed E-state index contributed by atoms with van der Waals surface area (Å²) in [6.45, 7) is 0.619. The average molecular weight is 360 g/mol. The van der Waals surface area contributed by atoms with E-state index in [0.29, 0.717) is 12.5 Å². The minimum Gasteiger partial charge on any atom is -0.489 e. The highest BCUT2D eigenvalue weighted by molar-refractivity contribution is 9.10. The molecule has 110 valence electrons. The van der Waals surface area contributed by atoms with Crippen molar-refractivity contribution in [2.75, 3.05) is 6.61 Å². The first-order valence-corrected chi connectivity index (χ1v) is 8.69. The van der Waals surface area contributed by atoms with Gasteiger partial charge in [0.1, 0.15) is 12.4 Å². The van der Waals surface area contributed by atoms with E-state index in [0.717, 1.165) is 22.2 Å². The van der Waals surface area contributed by atoms with Crippen LogP contribution in [0.2, 0.25) is 0 Å². The molecule has 1 aromatic rings. The van der Waals surface area contributed by atoms with Crippen LogP contribution < -0.4 is 4.74 Å². The number of ether oxygens (including phenoxy) is 2. The monoisotopic (exact) mass is 358 g/mol. The first-order valence-electron chi connectivity index (χ1n) is 7.36. The largest absolute Gasteiger partial charge is 0.489 e. The molecule has 1 saturated carbocycles. The van der Waals surface area contributed by atoms with Crippen LogP contribution in [0, 0.1) is 0 Å². The van der Waals surface area contributed by atoms with Crippen LogP contribution in [0.5, 0.6) is 5.75 Å². The molecule has 0 radical (unpaired) electrons. The van der Waals surface area contributed by atoms with Crippen molar-refractivity contribution in [3.8, 4) is 5.75 Å². The van der Waals surface area contributed by atoms with Gasteiger partial charge in [-0.3, -0.25) is 0 Å². The third-order valence-corrected chi connectivity index (χ3v) is 5.37. The highest BCUT2D eigenvalue weighted by Gasteiger charge is 2.42. The van der Waals surface area contributed by atoms with E-state index < -0.39 is 0 Å². The summed E-state index contributed by atoms with van der Waals surface area (Å²) >= 11 is 9.50. The number of benzene rings is 1. The predicted octanol–water partition coefficient (Wildman–Crippen LogP) is 5.06. The maximum absolute atomic E-state index is 6.27. The van der Waals surface area contributed by atoms with Gasteiger partial charge < -0.3 is 9.47 Å². The molecule has 2 nitrogen and oxygen atoms in total. The van der Waals surface area contributed by atoms with Crippen molar-refractivity contribution in [1.29, 1.82) is 0 Å². The van der Waals surface area contributed by atoms with E-state index in [9.17, 15) is 0 Å². The Hall–Kier alpha value is -0.250. The molecule has 20 heavy (non-hydrogen) atoms. The van der Waals surface area contributed by atoms with Gasteiger partial charge in [0.15, 0.2) is 0 Å². The summed E-state index contributed by atoms with van der Waals surface area (Å²) < 4.78 is 13.2. The Balaban J connectivity index is 1.60. The second-order valence-electron chi connectivity index (χ2n) is 5.84. The van der Waals surface area contributed by atoms with Crippen LogP contribution in [0.15, 0.2) is 22.7 Å². The molecule has 4 heteroatoms. The fourth-order valence-corrected chi connectivity index (χ4v) is 4.13. The SMILES string of the molecule is ClCc1cccc(Br)c1OCC1CCC2(CCCC2)O1. The van der Waals surface area contributed by atoms with E-state index in [4.69, 9.17) is 21.1 Å². The lowest BCUT2D eigenvalue weighted by molar-refractivity contribution is -0.0510. The van der Waals surface area contributed by atoms with Gasteiger partial charge in [0, 0.05) is 5.56 Å². The topological polar surface area (TPSA) is 18.5 Å². The molecular weight excluding hydrogens is 340 g/mol. The average Bonchev–Trinajstić information content (AvgIpc) is 3.08. The second-order valence-corrected chi connectivity index (χ2v) is 6.96. The van der Waals surface area contributed by atoms with Gasteiger partial charge in [-0.2, -0.15) is 0 Å². The van der Waals surface area contributed by atoms with Crippen molar-refractivity contribution < 1.29 is 9.47 Å². The molecule has 1 aliphatic heterocycles. The van der Waals surface area contributed by atoms with Crippen molar-refractivity contribution in [2.24, 2.45) is 0 Å². The molecule has 0 N–H and O–H groups in total. The molecule has 1 heterocycles. The first-order chi connectivity index (χ1) is 9.72. The molecule has 1 atom stereocenters. The van der Waals surface area contributed by atoms with Gasteiger partial charge in [-0.25, -0.2) is 0 Å². The number of hydrogen-bond acceptors (Lipinski definition) is 2. The summed E-state index contributed by atoms with van der Waals surface area (Å²) in [6.07, 6.45) is 7.61. The van der Waals surface area contributed by atoms with Crippen LogP contribution in [0.4, 0.5) is 0 Å². The maximum Gasteiger partial charge on any atom is 0.138 e. The van der Waals surface area contributed by atoms with Gasteiger partial charge in [-0.05, 0) is 47.7 Å². The highest BCUT2D eigenvalue weighted by Crippen LogP contribution is 2.43. The number of hydrogen-bond donors (Lipinski definition) is 0. The molecule has 0 amide bonds. The zero-order valence-electron chi connectivity index (χ0n) is 11.5. The number of para-hydroxylation sites is 1. The Kier molecular flexibility index (Phi) is 4.58. The molecule has 1 spiro atoms. The maximum atomic E-state index is 6.27. The zero-order chi connectivity index (χ0) is 14.0. The van der Waals surface area contributed by atoms with E-state index in [2.05, 4.69) is 15.9 Å². The minimum absolute atomic E-state index is 0.178. The Bertz CT molecular complexity index is 472. The predicted molar refractivity (Wildman–Crippen MR) is 84.5 cm³/mol. The summed E-state index contributed by atoms with van der Waals surface area (Å²) in [4.78, 5) is 0. The molecule has 0 aromatic heterocycles. The van der Waals surface area contributed by atoms with Crippen molar-refractivity contribution in [3.05, 3.63) is 28.2 Å². The molecule has 3 rings (SSSR count). The zero-order valence-corrected chi connectivity index (χ0v) is 13.9. The third kappa shape index (κ3) is 3.00. The molecule has 1 aromatic carbocycles. The van der Waals surface area contributed by atoms with Crippen molar-refractivity contribution in [3.63, 3.8) is 0 Å². The molecule has 2 aliphatic rings. The minimum atomic E-state index is 0.178. The second kappa shape index (κ2) is 6.25. The van der Waals surface area contributed by atoms with Crippen LogP contribution in [0.3, 0.4) is 0 Å². The molecule has 1 saturated heterocycles. The number of alkyl halides is 1. The molecular formula is C16H20BrClO2. The smallest absolute Gasteiger partial charge is 0.138 e. The van der Waals surface area contributed by atoms with E-state index >= 15 is 0 Å². The quantitative estimate of drug-likeness (QED) is 0.700. The van der Waals surface area contributed by atoms with Crippen molar-refractivity contribution in [2.45, 2.75) is 56.1 Å². The fraction of sp³-hybridized carbons (Fsp3) is 0.625. The highest BCUT2D eigenvalue weighted by atomic mass is 79.9. The van der Waals surface area contributed by atoms with Gasteiger partial charge in [-0.1, -0.05) is 25.0 Å².